The number of rotatable bonds is 6. The Labute approximate surface area is 156 Å². The summed E-state index contributed by atoms with van der Waals surface area (Å²) in [7, 11) is 0. The molecule has 3 amide bonds. The summed E-state index contributed by atoms with van der Waals surface area (Å²) in [6, 6.07) is 0.0846. The number of likely N-dealkylation sites (tertiary alicyclic amines) is 1. The summed E-state index contributed by atoms with van der Waals surface area (Å²) in [4.78, 5) is 38.2. The average molecular weight is 379 g/mol. The number of carbonyl (C=O) groups is 3. The van der Waals surface area contributed by atoms with Crippen LogP contribution in [0.15, 0.2) is 5.51 Å². The van der Waals surface area contributed by atoms with Crippen LogP contribution in [-0.2, 0) is 14.4 Å². The summed E-state index contributed by atoms with van der Waals surface area (Å²) >= 11 is 1.24. The van der Waals surface area contributed by atoms with Crippen molar-refractivity contribution in [3.05, 3.63) is 5.51 Å². The highest BCUT2D eigenvalue weighted by Crippen LogP contribution is 2.27. The van der Waals surface area contributed by atoms with Gasteiger partial charge >= 0.3 is 0 Å². The maximum Gasteiger partial charge on any atom is 0.226 e. The predicted molar refractivity (Wildman–Crippen MR) is 97.5 cm³/mol. The van der Waals surface area contributed by atoms with Gasteiger partial charge in [0.25, 0.3) is 0 Å². The fraction of sp³-hybridized carbons (Fsp3) is 0.706. The first-order chi connectivity index (χ1) is 12.6. The quantitative estimate of drug-likeness (QED) is 0.780. The minimum Gasteiger partial charge on any atom is -0.353 e. The minimum absolute atomic E-state index is 0.0846. The van der Waals surface area contributed by atoms with Crippen LogP contribution in [0.4, 0.5) is 5.13 Å². The van der Waals surface area contributed by atoms with E-state index in [1.165, 1.54) is 16.8 Å². The standard InChI is InChI=1S/C17H25N5O3S/c23-14(5-6-15(24)20-17-21-18-11-26-17)19-13-7-9-22(10-8-13)16(25)12-3-1-2-4-12/h11-13H,1-10H2,(H,19,23)(H,20,21,24). The molecule has 2 fully saturated rings. The molecule has 2 aliphatic rings. The number of hydrogen-bond acceptors (Lipinski definition) is 6. The normalized spacial score (nSPS) is 18.7. The third kappa shape index (κ3) is 5.23. The zero-order valence-corrected chi connectivity index (χ0v) is 15.6. The number of aromatic nitrogens is 2. The minimum atomic E-state index is -0.242. The van der Waals surface area contributed by atoms with Crippen LogP contribution in [-0.4, -0.2) is 52.0 Å². The van der Waals surface area contributed by atoms with Crippen molar-refractivity contribution in [3.8, 4) is 0 Å². The Balaban J connectivity index is 1.33. The molecule has 0 bridgehead atoms. The lowest BCUT2D eigenvalue weighted by molar-refractivity contribution is -0.136. The van der Waals surface area contributed by atoms with Crippen molar-refractivity contribution in [2.45, 2.75) is 57.4 Å². The van der Waals surface area contributed by atoms with E-state index in [2.05, 4.69) is 20.8 Å². The Morgan fingerprint density at radius 1 is 1.08 bits per heavy atom. The highest BCUT2D eigenvalue weighted by molar-refractivity contribution is 7.13. The number of nitrogens with zero attached hydrogens (tertiary/aromatic N) is 3. The number of anilines is 1. The molecule has 0 atom stereocenters. The van der Waals surface area contributed by atoms with Crippen LogP contribution in [0, 0.1) is 5.92 Å². The first-order valence-corrected chi connectivity index (χ1v) is 10.1. The monoisotopic (exact) mass is 379 g/mol. The Morgan fingerprint density at radius 3 is 2.42 bits per heavy atom. The highest BCUT2D eigenvalue weighted by atomic mass is 32.1. The predicted octanol–water partition coefficient (Wildman–Crippen LogP) is 1.55. The van der Waals surface area contributed by atoms with E-state index in [4.69, 9.17) is 0 Å². The van der Waals surface area contributed by atoms with Gasteiger partial charge in [0.2, 0.25) is 22.9 Å². The Morgan fingerprint density at radius 2 is 1.77 bits per heavy atom. The van der Waals surface area contributed by atoms with Gasteiger partial charge < -0.3 is 15.5 Å². The molecule has 26 heavy (non-hydrogen) atoms. The largest absolute Gasteiger partial charge is 0.353 e. The molecular formula is C17H25N5O3S. The average Bonchev–Trinajstić information content (AvgIpc) is 3.34. The Hall–Kier alpha value is -2.03. The lowest BCUT2D eigenvalue weighted by Crippen LogP contribution is -2.47. The lowest BCUT2D eigenvalue weighted by Gasteiger charge is -2.34. The van der Waals surface area contributed by atoms with Crippen molar-refractivity contribution in [1.82, 2.24) is 20.4 Å². The summed E-state index contributed by atoms with van der Waals surface area (Å²) < 4.78 is 0. The van der Waals surface area contributed by atoms with E-state index in [-0.39, 0.29) is 36.6 Å². The van der Waals surface area contributed by atoms with Gasteiger partial charge in [-0.3, -0.25) is 14.4 Å². The van der Waals surface area contributed by atoms with Crippen LogP contribution in [0.2, 0.25) is 0 Å². The maximum absolute atomic E-state index is 12.4. The second-order valence-corrected chi connectivity index (χ2v) is 7.77. The van der Waals surface area contributed by atoms with E-state index in [1.807, 2.05) is 4.90 Å². The van der Waals surface area contributed by atoms with Crippen molar-refractivity contribution in [3.63, 3.8) is 0 Å². The summed E-state index contributed by atoms with van der Waals surface area (Å²) in [5.74, 6) is 0.139. The van der Waals surface area contributed by atoms with Gasteiger partial charge in [0, 0.05) is 37.9 Å². The molecular weight excluding hydrogens is 354 g/mol. The molecule has 142 valence electrons. The molecule has 2 heterocycles. The SMILES string of the molecule is O=C(CCC(=O)NC1CCN(C(=O)C2CCCC2)CC1)Nc1nncs1. The van der Waals surface area contributed by atoms with E-state index < -0.39 is 0 Å². The van der Waals surface area contributed by atoms with E-state index in [0.717, 1.165) is 38.5 Å². The third-order valence-corrected chi connectivity index (χ3v) is 5.67. The first-order valence-electron chi connectivity index (χ1n) is 9.26. The number of hydrogen-bond donors (Lipinski definition) is 2. The van der Waals surface area contributed by atoms with Crippen molar-refractivity contribution >= 4 is 34.2 Å². The second-order valence-electron chi connectivity index (χ2n) is 6.94. The van der Waals surface area contributed by atoms with E-state index >= 15 is 0 Å². The smallest absolute Gasteiger partial charge is 0.226 e. The molecule has 1 aliphatic heterocycles. The van der Waals surface area contributed by atoms with Gasteiger partial charge in [0.1, 0.15) is 5.51 Å². The van der Waals surface area contributed by atoms with Crippen LogP contribution in [0.3, 0.4) is 0 Å². The highest BCUT2D eigenvalue weighted by Gasteiger charge is 2.30. The fourth-order valence-electron chi connectivity index (χ4n) is 3.61. The molecule has 0 radical (unpaired) electrons. The molecule has 0 spiro atoms. The molecule has 1 aromatic heterocycles. The summed E-state index contributed by atoms with van der Waals surface area (Å²) in [5.41, 5.74) is 1.53. The third-order valence-electron chi connectivity index (χ3n) is 5.06. The number of nitrogens with one attached hydrogen (secondary N) is 2. The van der Waals surface area contributed by atoms with Crippen molar-refractivity contribution in [1.29, 1.82) is 0 Å². The van der Waals surface area contributed by atoms with E-state index in [9.17, 15) is 14.4 Å². The van der Waals surface area contributed by atoms with Crippen molar-refractivity contribution in [2.75, 3.05) is 18.4 Å². The fourth-order valence-corrected chi connectivity index (χ4v) is 4.07. The number of carbonyl (C=O) groups excluding carboxylic acids is 3. The van der Waals surface area contributed by atoms with Gasteiger partial charge in [-0.25, -0.2) is 0 Å². The summed E-state index contributed by atoms with van der Waals surface area (Å²) in [6.45, 7) is 1.41. The van der Waals surface area contributed by atoms with E-state index in [0.29, 0.717) is 24.1 Å². The van der Waals surface area contributed by atoms with Gasteiger partial charge in [0.15, 0.2) is 0 Å². The van der Waals surface area contributed by atoms with Crippen LogP contribution in [0.25, 0.3) is 0 Å². The zero-order valence-electron chi connectivity index (χ0n) is 14.8. The van der Waals surface area contributed by atoms with Gasteiger partial charge in [-0.15, -0.1) is 10.2 Å². The van der Waals surface area contributed by atoms with Gasteiger partial charge in [-0.05, 0) is 25.7 Å². The van der Waals surface area contributed by atoms with Gasteiger partial charge in [-0.1, -0.05) is 24.2 Å². The topological polar surface area (TPSA) is 104 Å². The maximum atomic E-state index is 12.4. The molecule has 0 unspecified atom stereocenters. The van der Waals surface area contributed by atoms with Crippen molar-refractivity contribution in [2.24, 2.45) is 5.92 Å². The molecule has 8 nitrogen and oxygen atoms in total. The molecule has 0 aromatic carbocycles. The van der Waals surface area contributed by atoms with Gasteiger partial charge in [0.05, 0.1) is 0 Å². The summed E-state index contributed by atoms with van der Waals surface area (Å²) in [5, 5.41) is 13.4. The molecule has 9 heteroatoms. The van der Waals surface area contributed by atoms with Crippen LogP contribution in [0.5, 0.6) is 0 Å². The number of piperidine rings is 1. The van der Waals surface area contributed by atoms with Crippen LogP contribution < -0.4 is 10.6 Å². The molecule has 1 aliphatic carbocycles. The van der Waals surface area contributed by atoms with E-state index in [1.54, 1.807) is 0 Å². The van der Waals surface area contributed by atoms with Gasteiger partial charge in [-0.2, -0.15) is 0 Å². The second kappa shape index (κ2) is 9.07. The lowest BCUT2D eigenvalue weighted by atomic mass is 10.0. The zero-order chi connectivity index (χ0) is 18.4. The Bertz CT molecular complexity index is 622. The number of amides is 3. The Kier molecular flexibility index (Phi) is 6.54. The molecule has 3 rings (SSSR count). The summed E-state index contributed by atoms with van der Waals surface area (Å²) in [6.07, 6.45) is 6.19. The van der Waals surface area contributed by atoms with Crippen LogP contribution in [0.1, 0.15) is 51.4 Å². The molecule has 1 aromatic rings. The molecule has 1 saturated carbocycles. The van der Waals surface area contributed by atoms with Crippen LogP contribution >= 0.6 is 11.3 Å². The first kappa shape index (κ1) is 18.8. The van der Waals surface area contributed by atoms with Crippen molar-refractivity contribution < 1.29 is 14.4 Å². The molecule has 2 N–H and O–H groups in total. The molecule has 1 saturated heterocycles.